The molecule has 0 aliphatic carbocycles. The molecule has 0 N–H and O–H groups in total. The van der Waals surface area contributed by atoms with Gasteiger partial charge in [0.25, 0.3) is 0 Å². The van der Waals surface area contributed by atoms with E-state index in [1.807, 2.05) is 24.3 Å². The topological polar surface area (TPSA) is 34.2 Å². The first-order valence-corrected chi connectivity index (χ1v) is 8.55. The second-order valence-corrected chi connectivity index (χ2v) is 6.14. The van der Waals surface area contributed by atoms with E-state index in [1.165, 1.54) is 11.3 Å². The number of rotatable bonds is 6. The van der Waals surface area contributed by atoms with Gasteiger partial charge in [-0.2, -0.15) is 0 Å². The Kier molecular flexibility index (Phi) is 5.66. The van der Waals surface area contributed by atoms with Crippen LogP contribution < -0.4 is 19.1 Å². The van der Waals surface area contributed by atoms with Gasteiger partial charge in [-0.25, -0.2) is 0 Å². The minimum absolute atomic E-state index is 0.824. The Balaban J connectivity index is 1.59. The van der Waals surface area contributed by atoms with Crippen LogP contribution in [-0.4, -0.2) is 52.4 Å². The molecule has 5 heteroatoms. The smallest absolute Gasteiger partial charge is 0.127 e. The molecule has 0 saturated carbocycles. The quantitative estimate of drug-likeness (QED) is 0.806. The number of hydrogen-bond donors (Lipinski definition) is 0. The molecule has 1 aliphatic rings. The molecule has 2 aromatic carbocycles. The summed E-state index contributed by atoms with van der Waals surface area (Å²) in [5.41, 5.74) is 2.45. The summed E-state index contributed by atoms with van der Waals surface area (Å²) in [7, 11) is 5.08. The molecule has 1 aliphatic heterocycles. The van der Waals surface area contributed by atoms with Crippen LogP contribution in [0.2, 0.25) is 0 Å². The number of hydrogen-bond acceptors (Lipinski definition) is 5. The molecular formula is C20H26N2O3. The zero-order chi connectivity index (χ0) is 17.6. The number of nitrogens with zero attached hydrogens (tertiary/aromatic N) is 2. The van der Waals surface area contributed by atoms with Crippen LogP contribution in [0.4, 0.5) is 5.69 Å². The highest BCUT2D eigenvalue weighted by atomic mass is 16.5. The summed E-state index contributed by atoms with van der Waals surface area (Å²) < 4.78 is 16.0. The van der Waals surface area contributed by atoms with Crippen LogP contribution in [0.15, 0.2) is 42.5 Å². The van der Waals surface area contributed by atoms with Crippen LogP contribution in [0.5, 0.6) is 17.2 Å². The van der Waals surface area contributed by atoms with Crippen molar-refractivity contribution in [3.63, 3.8) is 0 Å². The molecule has 0 bridgehead atoms. The van der Waals surface area contributed by atoms with Crippen LogP contribution in [0.1, 0.15) is 5.56 Å². The van der Waals surface area contributed by atoms with Crippen LogP contribution in [0.3, 0.4) is 0 Å². The molecule has 1 saturated heterocycles. The molecule has 134 valence electrons. The van der Waals surface area contributed by atoms with Crippen molar-refractivity contribution in [1.29, 1.82) is 0 Å². The molecule has 0 spiro atoms. The lowest BCUT2D eigenvalue weighted by molar-refractivity contribution is 0.246. The van der Waals surface area contributed by atoms with E-state index in [-0.39, 0.29) is 0 Å². The van der Waals surface area contributed by atoms with Crippen LogP contribution in [0.25, 0.3) is 0 Å². The van der Waals surface area contributed by atoms with Gasteiger partial charge >= 0.3 is 0 Å². The van der Waals surface area contributed by atoms with Crippen LogP contribution in [-0.2, 0) is 6.54 Å². The lowest BCUT2D eigenvalue weighted by Gasteiger charge is -2.36. The lowest BCUT2D eigenvalue weighted by atomic mass is 10.1. The Morgan fingerprint density at radius 3 is 2.00 bits per heavy atom. The SMILES string of the molecule is COc1ccc(N2CCN(Cc3ccc(OC)cc3OC)CC2)cc1. The van der Waals surface area contributed by atoms with E-state index >= 15 is 0 Å². The fraction of sp³-hybridized carbons (Fsp3) is 0.400. The van der Waals surface area contributed by atoms with Crippen molar-refractivity contribution < 1.29 is 14.2 Å². The predicted octanol–water partition coefficient (Wildman–Crippen LogP) is 3.03. The molecule has 1 fully saturated rings. The minimum Gasteiger partial charge on any atom is -0.497 e. The van der Waals surface area contributed by atoms with Crippen molar-refractivity contribution in [1.82, 2.24) is 4.90 Å². The molecule has 0 aromatic heterocycles. The maximum absolute atomic E-state index is 5.51. The van der Waals surface area contributed by atoms with Crippen molar-refractivity contribution in [3.05, 3.63) is 48.0 Å². The number of methoxy groups -OCH3 is 3. The molecule has 0 radical (unpaired) electrons. The minimum atomic E-state index is 0.824. The summed E-state index contributed by atoms with van der Waals surface area (Å²) in [4.78, 5) is 4.88. The van der Waals surface area contributed by atoms with E-state index in [0.717, 1.165) is 50.0 Å². The maximum Gasteiger partial charge on any atom is 0.127 e. The first kappa shape index (κ1) is 17.4. The van der Waals surface area contributed by atoms with Gasteiger partial charge in [-0.05, 0) is 30.3 Å². The highest BCUT2D eigenvalue weighted by Crippen LogP contribution is 2.27. The van der Waals surface area contributed by atoms with Crippen LogP contribution >= 0.6 is 0 Å². The second-order valence-electron chi connectivity index (χ2n) is 6.14. The third kappa shape index (κ3) is 4.17. The van der Waals surface area contributed by atoms with Crippen molar-refractivity contribution in [2.24, 2.45) is 0 Å². The summed E-state index contributed by atoms with van der Waals surface area (Å²) >= 11 is 0. The zero-order valence-electron chi connectivity index (χ0n) is 15.2. The monoisotopic (exact) mass is 342 g/mol. The molecule has 0 amide bonds. The average Bonchev–Trinajstić information content (AvgIpc) is 2.69. The standard InChI is InChI=1S/C20H26N2O3/c1-23-18-8-5-17(6-9-18)22-12-10-21(11-13-22)15-16-4-7-19(24-2)14-20(16)25-3/h4-9,14H,10-13,15H2,1-3H3. The van der Waals surface area contributed by atoms with Crippen molar-refractivity contribution >= 4 is 5.69 Å². The third-order valence-corrected chi connectivity index (χ3v) is 4.70. The fourth-order valence-electron chi connectivity index (χ4n) is 3.18. The number of ether oxygens (including phenoxy) is 3. The first-order valence-electron chi connectivity index (χ1n) is 8.55. The summed E-state index contributed by atoms with van der Waals surface area (Å²) in [6.07, 6.45) is 0. The average molecular weight is 342 g/mol. The van der Waals surface area contributed by atoms with E-state index in [1.54, 1.807) is 21.3 Å². The molecule has 0 atom stereocenters. The normalized spacial score (nSPS) is 15.1. The van der Waals surface area contributed by atoms with Gasteiger partial charge in [-0.3, -0.25) is 4.90 Å². The Morgan fingerprint density at radius 2 is 1.40 bits per heavy atom. The highest BCUT2D eigenvalue weighted by molar-refractivity contribution is 5.49. The largest absolute Gasteiger partial charge is 0.497 e. The van der Waals surface area contributed by atoms with Gasteiger partial charge in [0.1, 0.15) is 17.2 Å². The Bertz CT molecular complexity index is 680. The molecular weight excluding hydrogens is 316 g/mol. The highest BCUT2D eigenvalue weighted by Gasteiger charge is 2.18. The fourth-order valence-corrected chi connectivity index (χ4v) is 3.18. The summed E-state index contributed by atoms with van der Waals surface area (Å²) in [5, 5.41) is 0. The van der Waals surface area contributed by atoms with E-state index in [4.69, 9.17) is 14.2 Å². The van der Waals surface area contributed by atoms with Gasteiger partial charge in [0.15, 0.2) is 0 Å². The molecule has 25 heavy (non-hydrogen) atoms. The van der Waals surface area contributed by atoms with Gasteiger partial charge in [0.05, 0.1) is 21.3 Å². The van der Waals surface area contributed by atoms with Gasteiger partial charge in [-0.1, -0.05) is 6.07 Å². The van der Waals surface area contributed by atoms with Crippen LogP contribution in [0, 0.1) is 0 Å². The van der Waals surface area contributed by atoms with Crippen molar-refractivity contribution in [2.75, 3.05) is 52.4 Å². The number of benzene rings is 2. The third-order valence-electron chi connectivity index (χ3n) is 4.70. The first-order chi connectivity index (χ1) is 12.2. The van der Waals surface area contributed by atoms with E-state index in [0.29, 0.717) is 0 Å². The maximum atomic E-state index is 5.51. The summed E-state index contributed by atoms with van der Waals surface area (Å²) in [5.74, 6) is 2.61. The number of piperazine rings is 1. The van der Waals surface area contributed by atoms with E-state index < -0.39 is 0 Å². The number of anilines is 1. The van der Waals surface area contributed by atoms with Gasteiger partial charge < -0.3 is 19.1 Å². The molecule has 5 nitrogen and oxygen atoms in total. The molecule has 0 unspecified atom stereocenters. The predicted molar refractivity (Wildman–Crippen MR) is 100 cm³/mol. The van der Waals surface area contributed by atoms with Gasteiger partial charge in [0, 0.05) is 50.0 Å². The summed E-state index contributed by atoms with van der Waals surface area (Å²) in [6.45, 7) is 4.99. The van der Waals surface area contributed by atoms with E-state index in [9.17, 15) is 0 Å². The van der Waals surface area contributed by atoms with Gasteiger partial charge in [0.2, 0.25) is 0 Å². The van der Waals surface area contributed by atoms with E-state index in [2.05, 4.69) is 28.0 Å². The van der Waals surface area contributed by atoms with Gasteiger partial charge in [-0.15, -0.1) is 0 Å². The Labute approximate surface area is 149 Å². The van der Waals surface area contributed by atoms with Crippen molar-refractivity contribution in [3.8, 4) is 17.2 Å². The second kappa shape index (κ2) is 8.12. The Morgan fingerprint density at radius 1 is 0.760 bits per heavy atom. The summed E-state index contributed by atoms with van der Waals surface area (Å²) in [6, 6.07) is 14.3. The van der Waals surface area contributed by atoms with Crippen molar-refractivity contribution in [2.45, 2.75) is 6.54 Å². The Hall–Kier alpha value is -2.40. The zero-order valence-corrected chi connectivity index (χ0v) is 15.2. The lowest BCUT2D eigenvalue weighted by Crippen LogP contribution is -2.46. The molecule has 1 heterocycles. The molecule has 3 rings (SSSR count). The molecule has 2 aromatic rings.